The Balaban J connectivity index is 1.90. The van der Waals surface area contributed by atoms with Gasteiger partial charge in [-0.05, 0) is 12.0 Å². The summed E-state index contributed by atoms with van der Waals surface area (Å²) in [7, 11) is 0. The van der Waals surface area contributed by atoms with Crippen LogP contribution in [0.15, 0.2) is 30.3 Å². The molecule has 116 valence electrons. The van der Waals surface area contributed by atoms with Gasteiger partial charge in [0.1, 0.15) is 6.10 Å². The molecule has 1 aliphatic heterocycles. The zero-order valence-corrected chi connectivity index (χ0v) is 11.8. The van der Waals surface area contributed by atoms with Gasteiger partial charge in [0.15, 0.2) is 0 Å². The standard InChI is InChI=1S/C15H21NO5/c17-9-14(18)13(8-11-4-2-1-3-5-11)16-15(19)21-12-6-7-20-10-12/h1-5,12-14,17-18H,6-10H2,(H,16,19)/t12-,13-,14+/m0/s1. The third-order valence-corrected chi connectivity index (χ3v) is 3.41. The number of nitrogens with one attached hydrogen (secondary N) is 1. The number of hydrogen-bond donors (Lipinski definition) is 3. The average Bonchev–Trinajstić information content (AvgIpc) is 2.99. The number of benzene rings is 1. The van der Waals surface area contributed by atoms with Gasteiger partial charge in [-0.15, -0.1) is 0 Å². The zero-order chi connectivity index (χ0) is 15.1. The van der Waals surface area contributed by atoms with E-state index in [-0.39, 0.29) is 6.10 Å². The van der Waals surface area contributed by atoms with E-state index in [4.69, 9.17) is 14.6 Å². The molecule has 0 radical (unpaired) electrons. The first kappa shape index (κ1) is 15.8. The number of aliphatic hydroxyl groups is 2. The molecule has 1 heterocycles. The van der Waals surface area contributed by atoms with Crippen molar-refractivity contribution >= 4 is 6.09 Å². The molecule has 1 aliphatic rings. The van der Waals surface area contributed by atoms with Gasteiger partial charge in [-0.2, -0.15) is 0 Å². The van der Waals surface area contributed by atoms with E-state index >= 15 is 0 Å². The molecule has 1 fully saturated rings. The quantitative estimate of drug-likeness (QED) is 0.710. The lowest BCUT2D eigenvalue weighted by molar-refractivity contribution is 0.0480. The summed E-state index contributed by atoms with van der Waals surface area (Å²) in [5.74, 6) is 0. The molecule has 1 saturated heterocycles. The first-order valence-corrected chi connectivity index (χ1v) is 7.06. The van der Waals surface area contributed by atoms with E-state index in [0.29, 0.717) is 26.1 Å². The van der Waals surface area contributed by atoms with Gasteiger partial charge in [0.25, 0.3) is 0 Å². The van der Waals surface area contributed by atoms with Crippen LogP contribution in [-0.4, -0.2) is 54.4 Å². The van der Waals surface area contributed by atoms with Gasteiger partial charge in [-0.3, -0.25) is 0 Å². The van der Waals surface area contributed by atoms with E-state index in [1.165, 1.54) is 0 Å². The van der Waals surface area contributed by atoms with Crippen LogP contribution in [0.2, 0.25) is 0 Å². The van der Waals surface area contributed by atoms with Gasteiger partial charge in [0.2, 0.25) is 0 Å². The first-order valence-electron chi connectivity index (χ1n) is 7.06. The van der Waals surface area contributed by atoms with Gasteiger partial charge < -0.3 is 25.0 Å². The largest absolute Gasteiger partial charge is 0.444 e. The van der Waals surface area contributed by atoms with Crippen LogP contribution in [0.25, 0.3) is 0 Å². The molecule has 0 saturated carbocycles. The molecule has 1 amide bonds. The van der Waals surface area contributed by atoms with E-state index in [1.807, 2.05) is 30.3 Å². The fourth-order valence-electron chi connectivity index (χ4n) is 2.22. The third kappa shape index (κ3) is 5.00. The van der Waals surface area contributed by atoms with Crippen LogP contribution in [-0.2, 0) is 15.9 Å². The molecular formula is C15H21NO5. The molecule has 0 aromatic heterocycles. The van der Waals surface area contributed by atoms with Gasteiger partial charge in [0, 0.05) is 6.42 Å². The fourth-order valence-corrected chi connectivity index (χ4v) is 2.22. The number of carbonyl (C=O) groups is 1. The van der Waals surface area contributed by atoms with Crippen molar-refractivity contribution in [2.45, 2.75) is 31.1 Å². The van der Waals surface area contributed by atoms with Crippen molar-refractivity contribution in [3.63, 3.8) is 0 Å². The Morgan fingerprint density at radius 3 is 2.81 bits per heavy atom. The number of aliphatic hydroxyl groups excluding tert-OH is 2. The second kappa shape index (κ2) is 7.97. The van der Waals surface area contributed by atoms with Gasteiger partial charge in [-0.1, -0.05) is 30.3 Å². The average molecular weight is 295 g/mol. The summed E-state index contributed by atoms with van der Waals surface area (Å²) in [6.45, 7) is 0.564. The Morgan fingerprint density at radius 2 is 2.19 bits per heavy atom. The highest BCUT2D eigenvalue weighted by Crippen LogP contribution is 2.10. The van der Waals surface area contributed by atoms with Crippen LogP contribution in [0.1, 0.15) is 12.0 Å². The Hall–Kier alpha value is -1.63. The molecular weight excluding hydrogens is 274 g/mol. The summed E-state index contributed by atoms with van der Waals surface area (Å²) < 4.78 is 10.3. The van der Waals surface area contributed by atoms with E-state index < -0.39 is 24.8 Å². The Morgan fingerprint density at radius 1 is 1.43 bits per heavy atom. The van der Waals surface area contributed by atoms with Crippen LogP contribution in [0, 0.1) is 0 Å². The highest BCUT2D eigenvalue weighted by atomic mass is 16.6. The minimum absolute atomic E-state index is 0.242. The van der Waals surface area contributed by atoms with Gasteiger partial charge >= 0.3 is 6.09 Å². The molecule has 6 heteroatoms. The normalized spacial score (nSPS) is 20.8. The lowest BCUT2D eigenvalue weighted by Crippen LogP contribution is -2.47. The maximum Gasteiger partial charge on any atom is 0.407 e. The lowest BCUT2D eigenvalue weighted by atomic mass is 10.0. The molecule has 0 aliphatic carbocycles. The first-order chi connectivity index (χ1) is 10.2. The van der Waals surface area contributed by atoms with E-state index in [9.17, 15) is 9.90 Å². The predicted octanol–water partition coefficient (Wildman–Crippen LogP) is 0.466. The van der Waals surface area contributed by atoms with E-state index in [0.717, 1.165) is 5.56 Å². The van der Waals surface area contributed by atoms with Crippen molar-refractivity contribution in [2.24, 2.45) is 0 Å². The zero-order valence-electron chi connectivity index (χ0n) is 11.8. The molecule has 3 atom stereocenters. The molecule has 3 N–H and O–H groups in total. The Kier molecular flexibility index (Phi) is 5.98. The maximum atomic E-state index is 11.8. The molecule has 1 aromatic carbocycles. The Bertz CT molecular complexity index is 433. The van der Waals surface area contributed by atoms with Crippen LogP contribution < -0.4 is 5.32 Å². The van der Waals surface area contributed by atoms with Crippen LogP contribution in [0.5, 0.6) is 0 Å². The molecule has 21 heavy (non-hydrogen) atoms. The minimum atomic E-state index is -1.04. The van der Waals surface area contributed by atoms with Crippen molar-refractivity contribution in [1.29, 1.82) is 0 Å². The second-order valence-electron chi connectivity index (χ2n) is 5.08. The summed E-state index contributed by atoms with van der Waals surface area (Å²) in [6.07, 6.45) is -0.789. The summed E-state index contributed by atoms with van der Waals surface area (Å²) >= 11 is 0. The summed E-state index contributed by atoms with van der Waals surface area (Å²) in [4.78, 5) is 11.8. The van der Waals surface area contributed by atoms with Crippen molar-refractivity contribution in [2.75, 3.05) is 19.8 Å². The highest BCUT2D eigenvalue weighted by Gasteiger charge is 2.25. The third-order valence-electron chi connectivity index (χ3n) is 3.41. The number of alkyl carbamates (subject to hydrolysis) is 1. The minimum Gasteiger partial charge on any atom is -0.444 e. The molecule has 0 spiro atoms. The highest BCUT2D eigenvalue weighted by molar-refractivity contribution is 5.68. The molecule has 0 bridgehead atoms. The van der Waals surface area contributed by atoms with Crippen molar-refractivity contribution in [3.05, 3.63) is 35.9 Å². The lowest BCUT2D eigenvalue weighted by Gasteiger charge is -2.23. The predicted molar refractivity (Wildman–Crippen MR) is 75.9 cm³/mol. The molecule has 2 rings (SSSR count). The van der Waals surface area contributed by atoms with Crippen molar-refractivity contribution in [3.8, 4) is 0 Å². The molecule has 6 nitrogen and oxygen atoms in total. The summed E-state index contributed by atoms with van der Waals surface area (Å²) in [5.41, 5.74) is 0.958. The second-order valence-corrected chi connectivity index (χ2v) is 5.08. The Labute approximate surface area is 123 Å². The smallest absolute Gasteiger partial charge is 0.407 e. The number of amides is 1. The molecule has 0 unspecified atom stereocenters. The SMILES string of the molecule is O=C(N[C@@H](Cc1ccccc1)[C@H](O)CO)O[C@H]1CCOC1. The van der Waals surface area contributed by atoms with Crippen LogP contribution in [0.4, 0.5) is 4.79 Å². The van der Waals surface area contributed by atoms with E-state index in [2.05, 4.69) is 5.32 Å². The maximum absolute atomic E-state index is 11.8. The number of rotatable bonds is 6. The monoisotopic (exact) mass is 295 g/mol. The summed E-state index contributed by atoms with van der Waals surface area (Å²) in [5, 5.41) is 21.6. The van der Waals surface area contributed by atoms with Crippen molar-refractivity contribution < 1.29 is 24.5 Å². The number of carbonyl (C=O) groups excluding carboxylic acids is 1. The number of hydrogen-bond acceptors (Lipinski definition) is 5. The van der Waals surface area contributed by atoms with Crippen LogP contribution >= 0.6 is 0 Å². The van der Waals surface area contributed by atoms with Gasteiger partial charge in [-0.25, -0.2) is 4.79 Å². The van der Waals surface area contributed by atoms with E-state index in [1.54, 1.807) is 0 Å². The summed E-state index contributed by atoms with van der Waals surface area (Å²) in [6, 6.07) is 8.84. The fraction of sp³-hybridized carbons (Fsp3) is 0.533. The topological polar surface area (TPSA) is 88.0 Å². The van der Waals surface area contributed by atoms with Crippen LogP contribution in [0.3, 0.4) is 0 Å². The van der Waals surface area contributed by atoms with Gasteiger partial charge in [0.05, 0.1) is 32.0 Å². The number of ether oxygens (including phenoxy) is 2. The molecule has 1 aromatic rings. The van der Waals surface area contributed by atoms with Crippen molar-refractivity contribution in [1.82, 2.24) is 5.32 Å².